The zero-order chi connectivity index (χ0) is 20.9. The third kappa shape index (κ3) is 3.38. The molecular weight excluding hydrogens is 384 g/mol. The highest BCUT2D eigenvalue weighted by Crippen LogP contribution is 2.39. The molecule has 1 aromatic heterocycles. The number of aromatic nitrogens is 1. The molecule has 2 aliphatic rings. The molecule has 1 unspecified atom stereocenters. The van der Waals surface area contributed by atoms with Gasteiger partial charge in [0, 0.05) is 44.5 Å². The first-order valence-electron chi connectivity index (χ1n) is 9.73. The number of rotatable bonds is 5. The van der Waals surface area contributed by atoms with Crippen molar-refractivity contribution in [2.45, 2.75) is 31.8 Å². The minimum atomic E-state index is -1.41. The van der Waals surface area contributed by atoms with Crippen LogP contribution in [0.2, 0.25) is 0 Å². The summed E-state index contributed by atoms with van der Waals surface area (Å²) in [4.78, 5) is 27.7. The summed E-state index contributed by atoms with van der Waals surface area (Å²) in [6.07, 6.45) is 2.68. The molecule has 2 N–H and O–H groups in total. The maximum absolute atomic E-state index is 15.6. The maximum atomic E-state index is 15.6. The Balaban J connectivity index is 1.85. The third-order valence-electron chi connectivity index (χ3n) is 5.82. The van der Waals surface area contributed by atoms with Gasteiger partial charge >= 0.3 is 5.97 Å². The van der Waals surface area contributed by atoms with Crippen molar-refractivity contribution >= 4 is 22.6 Å². The van der Waals surface area contributed by atoms with E-state index < -0.39 is 28.6 Å². The van der Waals surface area contributed by atoms with E-state index >= 15 is 4.39 Å². The smallest absolute Gasteiger partial charge is 0.341 e. The van der Waals surface area contributed by atoms with Crippen LogP contribution in [-0.2, 0) is 0 Å². The number of benzene rings is 1. The van der Waals surface area contributed by atoms with Crippen molar-refractivity contribution in [2.24, 2.45) is 0 Å². The number of carbonyl (C=O) groups is 1. The lowest BCUT2D eigenvalue weighted by Gasteiger charge is -2.41. The number of hydrogen-bond acceptors (Lipinski definition) is 5. The van der Waals surface area contributed by atoms with Crippen molar-refractivity contribution in [1.82, 2.24) is 9.47 Å². The highest BCUT2D eigenvalue weighted by atomic mass is 19.1. The second kappa shape index (κ2) is 7.38. The summed E-state index contributed by atoms with van der Waals surface area (Å²) < 4.78 is 32.0. The van der Waals surface area contributed by atoms with E-state index in [-0.39, 0.29) is 35.3 Å². The van der Waals surface area contributed by atoms with Crippen LogP contribution < -0.4 is 10.3 Å². The summed E-state index contributed by atoms with van der Waals surface area (Å²) >= 11 is 0. The number of piperazine rings is 1. The van der Waals surface area contributed by atoms with Crippen LogP contribution in [-0.4, -0.2) is 64.5 Å². The van der Waals surface area contributed by atoms with Gasteiger partial charge in [0.25, 0.3) is 0 Å². The standard InChI is InChI=1S/C20H23F2N3O4/c1-11-9-24(5-4-23(11)6-7-26)18-15(21)8-13-17(16(18)22)25(12-2-3-12)10-14(19(13)27)20(28)29/h8,10-12,26H,2-7,9H2,1H3,(H,28,29). The number of aliphatic hydroxyl groups is 1. The van der Waals surface area contributed by atoms with Gasteiger partial charge in [-0.15, -0.1) is 0 Å². The molecule has 1 saturated heterocycles. The van der Waals surface area contributed by atoms with Gasteiger partial charge < -0.3 is 19.7 Å². The van der Waals surface area contributed by atoms with E-state index in [1.807, 2.05) is 11.8 Å². The van der Waals surface area contributed by atoms with Crippen LogP contribution >= 0.6 is 0 Å². The number of aromatic carboxylic acids is 1. The highest BCUT2D eigenvalue weighted by molar-refractivity contribution is 5.94. The molecule has 1 atom stereocenters. The molecule has 4 rings (SSSR count). The lowest BCUT2D eigenvalue weighted by Crippen LogP contribution is -2.53. The van der Waals surface area contributed by atoms with Gasteiger partial charge in [-0.2, -0.15) is 0 Å². The normalized spacial score (nSPS) is 20.4. The van der Waals surface area contributed by atoms with Crippen molar-refractivity contribution in [3.05, 3.63) is 39.7 Å². The van der Waals surface area contributed by atoms with E-state index in [0.717, 1.165) is 18.9 Å². The molecule has 2 fully saturated rings. The van der Waals surface area contributed by atoms with Crippen LogP contribution in [0.1, 0.15) is 36.2 Å². The van der Waals surface area contributed by atoms with Gasteiger partial charge in [0.05, 0.1) is 17.5 Å². The van der Waals surface area contributed by atoms with Crippen molar-refractivity contribution in [2.75, 3.05) is 37.7 Å². The Hall–Kier alpha value is -2.52. The molecule has 1 saturated carbocycles. The van der Waals surface area contributed by atoms with E-state index in [1.54, 1.807) is 4.90 Å². The fourth-order valence-corrected chi connectivity index (χ4v) is 4.17. The zero-order valence-electron chi connectivity index (χ0n) is 16.1. The number of nitrogens with zero attached hydrogens (tertiary/aromatic N) is 3. The number of pyridine rings is 1. The quantitative estimate of drug-likeness (QED) is 0.787. The third-order valence-corrected chi connectivity index (χ3v) is 5.82. The molecule has 7 nitrogen and oxygen atoms in total. The summed E-state index contributed by atoms with van der Waals surface area (Å²) in [7, 11) is 0. The molecule has 1 aliphatic heterocycles. The molecule has 0 spiro atoms. The van der Waals surface area contributed by atoms with Gasteiger partial charge in [0.15, 0.2) is 5.82 Å². The minimum Gasteiger partial charge on any atom is -0.477 e. The first-order chi connectivity index (χ1) is 13.8. The van der Waals surface area contributed by atoms with Gasteiger partial charge in [-0.05, 0) is 25.8 Å². The lowest BCUT2D eigenvalue weighted by atomic mass is 10.1. The van der Waals surface area contributed by atoms with Gasteiger partial charge in [0.1, 0.15) is 17.1 Å². The van der Waals surface area contributed by atoms with E-state index in [9.17, 15) is 19.1 Å². The molecular formula is C20H23F2N3O4. The number of hydrogen-bond donors (Lipinski definition) is 2. The van der Waals surface area contributed by atoms with E-state index in [4.69, 9.17) is 5.11 Å². The van der Waals surface area contributed by atoms with Gasteiger partial charge in [-0.25, -0.2) is 13.6 Å². The van der Waals surface area contributed by atoms with Crippen LogP contribution in [0.3, 0.4) is 0 Å². The van der Waals surface area contributed by atoms with Crippen molar-refractivity contribution in [3.8, 4) is 0 Å². The van der Waals surface area contributed by atoms with Gasteiger partial charge in [0.2, 0.25) is 5.43 Å². The Morgan fingerprint density at radius 2 is 2.00 bits per heavy atom. The summed E-state index contributed by atoms with van der Waals surface area (Å²) in [5.74, 6) is -3.12. The minimum absolute atomic E-state index is 0.00888. The Bertz CT molecular complexity index is 1030. The lowest BCUT2D eigenvalue weighted by molar-refractivity contribution is 0.0694. The molecule has 156 valence electrons. The molecule has 9 heteroatoms. The summed E-state index contributed by atoms with van der Waals surface area (Å²) in [5, 5.41) is 18.2. The molecule has 0 amide bonds. The Morgan fingerprint density at radius 1 is 1.28 bits per heavy atom. The predicted octanol–water partition coefficient (Wildman–Crippen LogP) is 1.82. The van der Waals surface area contributed by atoms with Gasteiger partial charge in [-0.3, -0.25) is 9.69 Å². The Kier molecular flexibility index (Phi) is 5.04. The SMILES string of the molecule is CC1CN(c2c(F)cc3c(=O)c(C(=O)O)cn(C4CC4)c3c2F)CCN1CCO. The molecule has 2 heterocycles. The monoisotopic (exact) mass is 407 g/mol. The number of aliphatic hydroxyl groups excluding tert-OH is 1. The number of carboxylic acid groups (broad SMARTS) is 1. The number of carboxylic acids is 1. The van der Waals surface area contributed by atoms with Gasteiger partial charge in [-0.1, -0.05) is 0 Å². The fourth-order valence-electron chi connectivity index (χ4n) is 4.17. The molecule has 29 heavy (non-hydrogen) atoms. The van der Waals surface area contributed by atoms with Crippen molar-refractivity contribution in [3.63, 3.8) is 0 Å². The van der Waals surface area contributed by atoms with E-state index in [2.05, 4.69) is 0 Å². The number of β-amino-alcohol motifs (C(OH)–C–C–N with tert-alkyl or cyclic N) is 1. The second-order valence-corrected chi connectivity index (χ2v) is 7.79. The Labute approximate surface area is 165 Å². The van der Waals surface area contributed by atoms with Crippen molar-refractivity contribution < 1.29 is 23.8 Å². The molecule has 1 aromatic carbocycles. The summed E-state index contributed by atoms with van der Waals surface area (Å²) in [6.45, 7) is 3.74. The van der Waals surface area contributed by atoms with Crippen LogP contribution in [0, 0.1) is 11.6 Å². The topological polar surface area (TPSA) is 86.0 Å². The highest BCUT2D eigenvalue weighted by Gasteiger charge is 2.32. The molecule has 2 aromatic rings. The molecule has 0 radical (unpaired) electrons. The van der Waals surface area contributed by atoms with Crippen molar-refractivity contribution in [1.29, 1.82) is 0 Å². The number of anilines is 1. The van der Waals surface area contributed by atoms with E-state index in [1.165, 1.54) is 10.8 Å². The van der Waals surface area contributed by atoms with Crippen LogP contribution in [0.15, 0.2) is 17.1 Å². The zero-order valence-corrected chi connectivity index (χ0v) is 16.1. The summed E-state index contributed by atoms with van der Waals surface area (Å²) in [6, 6.07) is 0.862. The second-order valence-electron chi connectivity index (χ2n) is 7.79. The fraction of sp³-hybridized carbons (Fsp3) is 0.500. The molecule has 1 aliphatic carbocycles. The first kappa shape index (κ1) is 19.8. The number of halogens is 2. The number of fused-ring (bicyclic) bond motifs is 1. The van der Waals surface area contributed by atoms with Crippen LogP contribution in [0.5, 0.6) is 0 Å². The predicted molar refractivity (Wildman–Crippen MR) is 104 cm³/mol. The molecule has 0 bridgehead atoms. The first-order valence-corrected chi connectivity index (χ1v) is 9.73. The average Bonchev–Trinajstić information content (AvgIpc) is 3.49. The van der Waals surface area contributed by atoms with E-state index in [0.29, 0.717) is 26.2 Å². The Morgan fingerprint density at radius 3 is 2.59 bits per heavy atom. The average molecular weight is 407 g/mol. The largest absolute Gasteiger partial charge is 0.477 e. The summed E-state index contributed by atoms with van der Waals surface area (Å²) in [5.41, 5.74) is -1.59. The van der Waals surface area contributed by atoms with Crippen LogP contribution in [0.25, 0.3) is 10.9 Å². The van der Waals surface area contributed by atoms with Crippen LogP contribution in [0.4, 0.5) is 14.5 Å². The maximum Gasteiger partial charge on any atom is 0.341 e.